The van der Waals surface area contributed by atoms with E-state index in [0.717, 1.165) is 42.2 Å². The van der Waals surface area contributed by atoms with Gasteiger partial charge in [0.05, 0.1) is 17.2 Å². The van der Waals surface area contributed by atoms with Gasteiger partial charge in [0.15, 0.2) is 5.96 Å². The molecule has 1 aliphatic heterocycles. The predicted molar refractivity (Wildman–Crippen MR) is 134 cm³/mol. The number of halogens is 1. The first-order chi connectivity index (χ1) is 13.5. The number of aromatic nitrogens is 1. The summed E-state index contributed by atoms with van der Waals surface area (Å²) in [7, 11) is 1.82. The summed E-state index contributed by atoms with van der Waals surface area (Å²) >= 11 is 1.74. The average Bonchev–Trinajstić information content (AvgIpc) is 3.00. The normalized spacial score (nSPS) is 17.7. The highest BCUT2D eigenvalue weighted by Crippen LogP contribution is 2.20. The van der Waals surface area contributed by atoms with Crippen LogP contribution in [0.3, 0.4) is 0 Å². The maximum Gasteiger partial charge on any atom is 0.191 e. The first-order valence-electron chi connectivity index (χ1n) is 10.2. The van der Waals surface area contributed by atoms with Gasteiger partial charge in [0.1, 0.15) is 0 Å². The van der Waals surface area contributed by atoms with Gasteiger partial charge in [-0.1, -0.05) is 31.2 Å². The molecule has 1 unspecified atom stereocenters. The lowest BCUT2D eigenvalue weighted by Gasteiger charge is -2.31. The molecule has 29 heavy (non-hydrogen) atoms. The number of hydrogen-bond acceptors (Lipinski definition) is 4. The Hall–Kier alpha value is -1.19. The van der Waals surface area contributed by atoms with Gasteiger partial charge in [0, 0.05) is 31.6 Å². The summed E-state index contributed by atoms with van der Waals surface area (Å²) in [6.45, 7) is 11.5. The summed E-state index contributed by atoms with van der Waals surface area (Å²) < 4.78 is 0. The van der Waals surface area contributed by atoms with Crippen molar-refractivity contribution in [1.29, 1.82) is 0 Å². The van der Waals surface area contributed by atoms with Gasteiger partial charge in [-0.25, -0.2) is 4.98 Å². The molecule has 3 rings (SSSR count). The number of aryl methyl sites for hydroxylation is 2. The number of guanidine groups is 1. The predicted octanol–water partition coefficient (Wildman–Crippen LogP) is 4.48. The zero-order valence-electron chi connectivity index (χ0n) is 18.0. The van der Waals surface area contributed by atoms with Gasteiger partial charge < -0.3 is 10.6 Å². The Morgan fingerprint density at radius 3 is 2.59 bits per heavy atom. The van der Waals surface area contributed by atoms with Crippen LogP contribution in [0.25, 0.3) is 0 Å². The van der Waals surface area contributed by atoms with Crippen LogP contribution < -0.4 is 10.6 Å². The van der Waals surface area contributed by atoms with Crippen molar-refractivity contribution in [3.8, 4) is 0 Å². The molecule has 1 aromatic heterocycles. The maximum absolute atomic E-state index is 4.49. The lowest BCUT2D eigenvalue weighted by atomic mass is 9.99. The van der Waals surface area contributed by atoms with Crippen LogP contribution in [0.5, 0.6) is 0 Å². The number of aliphatic imine (C=N–C) groups is 1. The second kappa shape index (κ2) is 11.9. The van der Waals surface area contributed by atoms with Gasteiger partial charge in [0.2, 0.25) is 0 Å². The average molecular weight is 528 g/mol. The second-order valence-electron chi connectivity index (χ2n) is 7.77. The Bertz CT molecular complexity index is 804. The fourth-order valence-electron chi connectivity index (χ4n) is 3.86. The summed E-state index contributed by atoms with van der Waals surface area (Å²) in [6.07, 6.45) is 2.68. The highest BCUT2D eigenvalue weighted by atomic mass is 127. The number of nitrogens with one attached hydrogen (secondary N) is 2. The zero-order valence-corrected chi connectivity index (χ0v) is 21.1. The van der Waals surface area contributed by atoms with E-state index in [1.54, 1.807) is 11.3 Å². The standard InChI is InChI=1S/C22H33N5S.HI/c1-16-8-7-11-27(14-16)15-20-10-6-5-9-19(20)12-24-22(23-4)25-13-21-17(2)26-18(3)28-21;/h5-6,9-10,16H,7-8,11-15H2,1-4H3,(H2,23,24,25);1H. The van der Waals surface area contributed by atoms with Crippen LogP contribution >= 0.6 is 35.3 Å². The van der Waals surface area contributed by atoms with E-state index >= 15 is 0 Å². The van der Waals surface area contributed by atoms with Crippen molar-refractivity contribution < 1.29 is 0 Å². The first kappa shape index (κ1) is 24.1. The second-order valence-corrected chi connectivity index (χ2v) is 9.06. The third-order valence-electron chi connectivity index (χ3n) is 5.34. The molecule has 5 nitrogen and oxygen atoms in total. The molecule has 1 saturated heterocycles. The summed E-state index contributed by atoms with van der Waals surface area (Å²) in [5.41, 5.74) is 3.86. The monoisotopic (exact) mass is 527 g/mol. The Morgan fingerprint density at radius 2 is 1.93 bits per heavy atom. The zero-order chi connectivity index (χ0) is 19.9. The van der Waals surface area contributed by atoms with Gasteiger partial charge in [0.25, 0.3) is 0 Å². The van der Waals surface area contributed by atoms with Gasteiger partial charge in [-0.05, 0) is 50.3 Å². The molecule has 0 amide bonds. The Morgan fingerprint density at radius 1 is 1.21 bits per heavy atom. The Kier molecular flexibility index (Phi) is 9.85. The molecule has 0 radical (unpaired) electrons. The molecule has 2 heterocycles. The molecule has 1 aromatic carbocycles. The Labute approximate surface area is 196 Å². The van der Waals surface area contributed by atoms with E-state index in [0.29, 0.717) is 0 Å². The van der Waals surface area contributed by atoms with Crippen molar-refractivity contribution in [2.45, 2.75) is 53.2 Å². The van der Waals surface area contributed by atoms with Crippen molar-refractivity contribution >= 4 is 41.3 Å². The number of piperidine rings is 1. The minimum absolute atomic E-state index is 0. The lowest BCUT2D eigenvalue weighted by Crippen LogP contribution is -2.37. The summed E-state index contributed by atoms with van der Waals surface area (Å²) in [5.74, 6) is 1.63. The fourth-order valence-corrected chi connectivity index (χ4v) is 4.73. The highest BCUT2D eigenvalue weighted by Gasteiger charge is 2.17. The molecule has 2 N–H and O–H groups in total. The topological polar surface area (TPSA) is 52.6 Å². The van der Waals surface area contributed by atoms with E-state index in [1.807, 2.05) is 14.0 Å². The van der Waals surface area contributed by atoms with E-state index in [9.17, 15) is 0 Å². The quantitative estimate of drug-likeness (QED) is 0.331. The molecular weight excluding hydrogens is 493 g/mol. The number of likely N-dealkylation sites (tertiary alicyclic amines) is 1. The van der Waals surface area contributed by atoms with Crippen LogP contribution in [0, 0.1) is 19.8 Å². The minimum Gasteiger partial charge on any atom is -0.352 e. The summed E-state index contributed by atoms with van der Waals surface area (Å²) in [6, 6.07) is 8.75. The molecule has 160 valence electrons. The van der Waals surface area contributed by atoms with Gasteiger partial charge in [-0.15, -0.1) is 35.3 Å². The molecule has 2 aromatic rings. The molecule has 1 fully saturated rings. The molecule has 0 spiro atoms. The first-order valence-corrected chi connectivity index (χ1v) is 11.0. The molecule has 0 bridgehead atoms. The van der Waals surface area contributed by atoms with E-state index < -0.39 is 0 Å². The van der Waals surface area contributed by atoms with Crippen LogP contribution in [0.2, 0.25) is 0 Å². The molecular formula is C22H34IN5S. The molecule has 0 saturated carbocycles. The van der Waals surface area contributed by atoms with E-state index in [1.165, 1.54) is 41.9 Å². The number of nitrogens with zero attached hydrogens (tertiary/aromatic N) is 3. The highest BCUT2D eigenvalue weighted by molar-refractivity contribution is 14.0. The third-order valence-corrected chi connectivity index (χ3v) is 6.41. The SMILES string of the molecule is CN=C(NCc1ccccc1CN1CCCC(C)C1)NCc1sc(C)nc1C.I. The van der Waals surface area contributed by atoms with Gasteiger partial charge in [-0.2, -0.15) is 0 Å². The van der Waals surface area contributed by atoms with E-state index in [4.69, 9.17) is 0 Å². The molecule has 1 atom stereocenters. The van der Waals surface area contributed by atoms with Crippen molar-refractivity contribution in [3.05, 3.63) is 51.0 Å². The fraction of sp³-hybridized carbons (Fsp3) is 0.545. The number of rotatable bonds is 6. The molecule has 7 heteroatoms. The van der Waals surface area contributed by atoms with Crippen LogP contribution in [-0.2, 0) is 19.6 Å². The lowest BCUT2D eigenvalue weighted by molar-refractivity contribution is 0.176. The van der Waals surface area contributed by atoms with Gasteiger partial charge >= 0.3 is 0 Å². The molecule has 0 aliphatic carbocycles. The smallest absolute Gasteiger partial charge is 0.191 e. The number of thiazole rings is 1. The Balaban J connectivity index is 0.00000300. The third kappa shape index (κ3) is 7.22. The number of benzene rings is 1. The maximum atomic E-state index is 4.49. The van der Waals surface area contributed by atoms with Crippen LogP contribution in [0.1, 0.15) is 46.5 Å². The molecule has 1 aliphatic rings. The number of hydrogen-bond donors (Lipinski definition) is 2. The van der Waals surface area contributed by atoms with Crippen LogP contribution in [0.4, 0.5) is 0 Å². The summed E-state index contributed by atoms with van der Waals surface area (Å²) in [4.78, 5) is 12.7. The van der Waals surface area contributed by atoms with Crippen molar-refractivity contribution in [3.63, 3.8) is 0 Å². The van der Waals surface area contributed by atoms with Crippen molar-refractivity contribution in [1.82, 2.24) is 20.5 Å². The van der Waals surface area contributed by atoms with Crippen molar-refractivity contribution in [2.24, 2.45) is 10.9 Å². The van der Waals surface area contributed by atoms with E-state index in [2.05, 4.69) is 63.6 Å². The van der Waals surface area contributed by atoms with Crippen molar-refractivity contribution in [2.75, 3.05) is 20.1 Å². The largest absolute Gasteiger partial charge is 0.352 e. The summed E-state index contributed by atoms with van der Waals surface area (Å²) in [5, 5.41) is 8.00. The minimum atomic E-state index is 0. The van der Waals surface area contributed by atoms with Crippen LogP contribution in [-0.4, -0.2) is 36.0 Å². The van der Waals surface area contributed by atoms with Gasteiger partial charge in [-0.3, -0.25) is 9.89 Å². The van der Waals surface area contributed by atoms with Crippen LogP contribution in [0.15, 0.2) is 29.3 Å². The van der Waals surface area contributed by atoms with E-state index in [-0.39, 0.29) is 24.0 Å².